The summed E-state index contributed by atoms with van der Waals surface area (Å²) in [5.74, 6) is -5.25. The van der Waals surface area contributed by atoms with Crippen molar-refractivity contribution in [1.29, 1.82) is 0 Å². The number of aromatic hydroxyl groups is 1. The molecule has 1 spiro atoms. The van der Waals surface area contributed by atoms with E-state index in [4.69, 9.17) is 9.47 Å². The van der Waals surface area contributed by atoms with Crippen molar-refractivity contribution >= 4 is 35.4 Å². The second-order valence-corrected chi connectivity index (χ2v) is 22.7. The Morgan fingerprint density at radius 3 is 2.42 bits per heavy atom. The molecule has 4 aliphatic rings. The molecule has 0 radical (unpaired) electrons. The predicted octanol–water partition coefficient (Wildman–Crippen LogP) is 6.27. The van der Waals surface area contributed by atoms with Gasteiger partial charge in [0.05, 0.1) is 30.3 Å². The zero-order valence-electron chi connectivity index (χ0n) is 47.1. The summed E-state index contributed by atoms with van der Waals surface area (Å²) < 4.78 is 12.8. The number of Topliss-reactive ketones (excluding diaryl/α,β-unsaturated/α-hetero) is 1. The fourth-order valence-electron chi connectivity index (χ4n) is 10.5. The van der Waals surface area contributed by atoms with Gasteiger partial charge in [0.1, 0.15) is 35.8 Å². The Morgan fingerprint density at radius 2 is 1.73 bits per heavy atom. The van der Waals surface area contributed by atoms with Gasteiger partial charge in [-0.05, 0) is 106 Å². The number of aliphatic hydroxyl groups excluding tert-OH is 3. The zero-order chi connectivity index (χ0) is 56.7. The number of hydrogen-bond acceptors (Lipinski definition) is 13. The van der Waals surface area contributed by atoms with Gasteiger partial charge in [0, 0.05) is 55.9 Å². The maximum absolute atomic E-state index is 14.6. The van der Waals surface area contributed by atoms with Crippen LogP contribution >= 0.6 is 0 Å². The summed E-state index contributed by atoms with van der Waals surface area (Å²) in [5.41, 5.74) is 4.07. The molecule has 1 aromatic rings. The maximum atomic E-state index is 14.6. The van der Waals surface area contributed by atoms with E-state index < -0.39 is 89.7 Å². The fourth-order valence-corrected chi connectivity index (χ4v) is 10.5. The number of fused-ring (bicyclic) bond motifs is 2. The minimum Gasteiger partial charge on any atom is -0.508 e. The van der Waals surface area contributed by atoms with Crippen LogP contribution in [0.15, 0.2) is 78.5 Å². The predicted molar refractivity (Wildman–Crippen MR) is 294 cm³/mol. The molecule has 5 rings (SSSR count). The first-order chi connectivity index (χ1) is 36.4. The molecule has 0 aromatic heterocycles. The number of phenolic OH excluding ortho intramolecular Hbond substituents is 1. The second-order valence-electron chi connectivity index (χ2n) is 22.7. The highest BCUT2D eigenvalue weighted by Crippen LogP contribution is 2.39. The third kappa shape index (κ3) is 17.3. The van der Waals surface area contributed by atoms with E-state index in [2.05, 4.69) is 41.3 Å². The lowest BCUT2D eigenvalue weighted by molar-refractivity contribution is -0.174. The first kappa shape index (κ1) is 62.4. The normalized spacial score (nSPS) is 33.1. The van der Waals surface area contributed by atoms with Crippen LogP contribution in [0, 0.1) is 48.3 Å². The van der Waals surface area contributed by atoms with E-state index in [9.17, 15) is 49.2 Å². The SMILES string of the molecule is CC[C@H]1C[C@H](C)[C@@]2(C=C[C@@H](C)[C@@H](C[C@H](O)[C@@H](C)CC/C=C\C=C(/C)[C@@H]3C/C=C/C=C/[C@H](O)[C@H](C)[C@@H](O)[C@@H](CCC(C)=O)C(=O)N[C@@H](C(C)C)C(=O)N[C@@H](Cc4ccc(C)c(O)c4)C(=O)N4CCCC(N4)C(=O)O3)O2)NC1=O. The third-order valence-corrected chi connectivity index (χ3v) is 16.2. The highest BCUT2D eigenvalue weighted by molar-refractivity contribution is 5.93. The molecular weight excluding hydrogens is 983 g/mol. The first-order valence-corrected chi connectivity index (χ1v) is 28.0. The van der Waals surface area contributed by atoms with Gasteiger partial charge in [0.2, 0.25) is 17.7 Å². The monoisotopic (exact) mass is 1070 g/mol. The van der Waals surface area contributed by atoms with Crippen LogP contribution in [0.2, 0.25) is 0 Å². The average molecular weight is 1070 g/mol. The van der Waals surface area contributed by atoms with E-state index in [0.29, 0.717) is 43.2 Å². The van der Waals surface area contributed by atoms with Crippen LogP contribution in [0.3, 0.4) is 0 Å². The number of piperidine rings is 1. The number of cyclic esters (lactones) is 1. The van der Waals surface area contributed by atoms with E-state index in [-0.39, 0.29) is 79.4 Å². The van der Waals surface area contributed by atoms with Crippen molar-refractivity contribution in [1.82, 2.24) is 26.4 Å². The van der Waals surface area contributed by atoms with Gasteiger partial charge < -0.3 is 50.6 Å². The molecule has 4 amide bonds. The molecule has 4 aliphatic heterocycles. The van der Waals surface area contributed by atoms with Crippen molar-refractivity contribution in [3.63, 3.8) is 0 Å². The van der Waals surface area contributed by atoms with E-state index in [0.717, 1.165) is 18.4 Å². The largest absolute Gasteiger partial charge is 0.508 e. The number of phenols is 1. The van der Waals surface area contributed by atoms with Crippen molar-refractivity contribution in [3.8, 4) is 5.75 Å². The maximum Gasteiger partial charge on any atom is 0.325 e. The number of benzene rings is 1. The summed E-state index contributed by atoms with van der Waals surface area (Å²) in [4.78, 5) is 82.1. The molecule has 0 saturated carbocycles. The lowest BCUT2D eigenvalue weighted by Gasteiger charge is -2.48. The third-order valence-electron chi connectivity index (χ3n) is 16.2. The minimum absolute atomic E-state index is 0.000874. The molecule has 15 atom stereocenters. The Morgan fingerprint density at radius 1 is 0.987 bits per heavy atom. The molecule has 77 heavy (non-hydrogen) atoms. The number of amides is 4. The minimum atomic E-state index is -1.43. The number of aryl methyl sites for hydroxylation is 1. The Bertz CT molecular complexity index is 2360. The van der Waals surface area contributed by atoms with Crippen molar-refractivity contribution in [2.75, 3.05) is 6.54 Å². The highest BCUT2D eigenvalue weighted by Gasteiger charge is 2.48. The number of carbonyl (C=O) groups excluding carboxylic acids is 6. The lowest BCUT2D eigenvalue weighted by Crippen LogP contribution is -2.62. The molecule has 4 heterocycles. The molecule has 17 heteroatoms. The molecule has 426 valence electrons. The Hall–Kier alpha value is -5.46. The van der Waals surface area contributed by atoms with Gasteiger partial charge in [-0.15, -0.1) is 0 Å². The number of ketones is 1. The number of nitrogens with zero attached hydrogens (tertiary/aromatic N) is 1. The van der Waals surface area contributed by atoms with Gasteiger partial charge in [-0.25, -0.2) is 5.43 Å². The Kier molecular flexibility index (Phi) is 23.5. The van der Waals surface area contributed by atoms with Gasteiger partial charge in [-0.2, -0.15) is 0 Å². The summed E-state index contributed by atoms with van der Waals surface area (Å²) in [7, 11) is 0. The summed E-state index contributed by atoms with van der Waals surface area (Å²) >= 11 is 0. The van der Waals surface area contributed by atoms with Crippen LogP contribution in [-0.4, -0.2) is 122 Å². The Balaban J connectivity index is 1.35. The highest BCUT2D eigenvalue weighted by atomic mass is 16.5. The number of ether oxygens (including phenoxy) is 2. The number of carbonyl (C=O) groups is 6. The molecule has 2 saturated heterocycles. The first-order valence-electron chi connectivity index (χ1n) is 28.0. The fraction of sp³-hybridized carbons (Fsp3) is 0.633. The molecule has 0 aliphatic carbocycles. The van der Waals surface area contributed by atoms with Gasteiger partial charge in [-0.3, -0.25) is 29.0 Å². The van der Waals surface area contributed by atoms with Crippen LogP contribution < -0.4 is 21.4 Å². The van der Waals surface area contributed by atoms with Gasteiger partial charge in [0.25, 0.3) is 5.91 Å². The van der Waals surface area contributed by atoms with Gasteiger partial charge in [-0.1, -0.05) is 109 Å². The van der Waals surface area contributed by atoms with Crippen molar-refractivity contribution in [3.05, 3.63) is 89.6 Å². The van der Waals surface area contributed by atoms with E-state index in [1.165, 1.54) is 24.1 Å². The quantitative estimate of drug-likeness (QED) is 0.0548. The van der Waals surface area contributed by atoms with Crippen LogP contribution in [0.4, 0.5) is 0 Å². The standard InChI is InChI=1S/C60H89N5O12/c1-11-44-31-40(8)60(63-55(44)71)29-28-39(7)52(77-60)34-50(69)36(4)19-14-12-15-20-38(6)51-23-17-13-16-22-48(67)42(10)54(70)45(27-25-41(9)66)56(72)62-53(35(2)3)57(73)61-47(32-43-26-24-37(5)49(68)33-43)58(74)65-30-18-21-46(64-65)59(75)76-51/h12-13,15-17,20,22,24,26,28-29,33,35-36,39-40,42,44-48,50-54,64,67-70H,11,14,18-19,21,23,25,27,30-32,34H2,1-10H3,(H,61,73)(H,62,72)(H,63,71)/b15-12-,17-13+,22-16+,38-20+/t36-,39+,40-,42-,44-,45+,46?,47-,48-,50-,51-,52+,53-,54+,60-/m0/s1. The Labute approximate surface area is 456 Å². The number of aliphatic hydroxyl groups is 3. The summed E-state index contributed by atoms with van der Waals surface area (Å²) in [6, 6.07) is 1.61. The molecule has 2 fully saturated rings. The van der Waals surface area contributed by atoms with Crippen LogP contribution in [0.1, 0.15) is 138 Å². The van der Waals surface area contributed by atoms with Crippen LogP contribution in [-0.2, 0) is 44.7 Å². The molecular formula is C60H89N5O12. The number of rotatable bonds is 15. The van der Waals surface area contributed by atoms with Gasteiger partial charge >= 0.3 is 5.97 Å². The lowest BCUT2D eigenvalue weighted by atomic mass is 9.78. The van der Waals surface area contributed by atoms with Crippen molar-refractivity contribution in [2.24, 2.45) is 41.4 Å². The molecule has 1 unspecified atom stereocenters. The zero-order valence-corrected chi connectivity index (χ0v) is 47.1. The summed E-state index contributed by atoms with van der Waals surface area (Å²) in [6.07, 6.45) is 16.3. The number of hydrogen-bond donors (Lipinski definition) is 8. The topological polar surface area (TPSA) is 253 Å². The smallest absolute Gasteiger partial charge is 0.325 e. The number of esters is 1. The molecule has 17 nitrogen and oxygen atoms in total. The van der Waals surface area contributed by atoms with Crippen LogP contribution in [0.25, 0.3) is 0 Å². The van der Waals surface area contributed by atoms with Crippen molar-refractivity contribution < 1.29 is 58.7 Å². The summed E-state index contributed by atoms with van der Waals surface area (Å²) in [6.45, 7) is 18.4. The molecule has 1 aromatic carbocycles. The second kappa shape index (κ2) is 29.0. The molecule has 8 N–H and O–H groups in total. The van der Waals surface area contributed by atoms with Gasteiger partial charge in [0.15, 0.2) is 5.72 Å². The number of hydrazine groups is 1. The number of allylic oxidation sites excluding steroid dienone is 5. The summed E-state index contributed by atoms with van der Waals surface area (Å²) in [5, 5.41) is 54.9. The van der Waals surface area contributed by atoms with E-state index in [1.807, 2.05) is 45.1 Å². The average Bonchev–Trinajstić information content (AvgIpc) is 3.40. The van der Waals surface area contributed by atoms with E-state index >= 15 is 0 Å². The molecule has 2 bridgehead atoms. The van der Waals surface area contributed by atoms with Crippen LogP contribution in [0.5, 0.6) is 5.75 Å². The van der Waals surface area contributed by atoms with E-state index in [1.54, 1.807) is 58.1 Å². The number of nitrogens with one attached hydrogen (secondary N) is 4. The van der Waals surface area contributed by atoms with Crippen molar-refractivity contribution in [2.45, 2.75) is 194 Å².